The van der Waals surface area contributed by atoms with Gasteiger partial charge < -0.3 is 15.3 Å². The van der Waals surface area contributed by atoms with Gasteiger partial charge in [0.1, 0.15) is 17.9 Å². The maximum absolute atomic E-state index is 10.4. The maximum atomic E-state index is 10.4. The summed E-state index contributed by atoms with van der Waals surface area (Å²) in [5, 5.41) is 17.8. The number of guanidine groups is 1. The summed E-state index contributed by atoms with van der Waals surface area (Å²) in [4.78, 5) is 11.1. The van der Waals surface area contributed by atoms with E-state index in [4.69, 9.17) is 4.99 Å². The molecular formula is C19H28N6O. The van der Waals surface area contributed by atoms with E-state index >= 15 is 0 Å². The Balaban J connectivity index is 1.80. The van der Waals surface area contributed by atoms with Crippen molar-refractivity contribution in [3.63, 3.8) is 0 Å². The van der Waals surface area contributed by atoms with Gasteiger partial charge in [0.25, 0.3) is 0 Å². The fraction of sp³-hybridized carbons (Fsp3) is 0.526. The van der Waals surface area contributed by atoms with Gasteiger partial charge in [0, 0.05) is 26.2 Å². The van der Waals surface area contributed by atoms with Crippen LogP contribution in [0.15, 0.2) is 23.5 Å². The Kier molecular flexibility index (Phi) is 5.75. The molecule has 1 aromatic carbocycles. The van der Waals surface area contributed by atoms with Crippen LogP contribution >= 0.6 is 0 Å². The van der Waals surface area contributed by atoms with Gasteiger partial charge >= 0.3 is 0 Å². The highest BCUT2D eigenvalue weighted by Gasteiger charge is 2.17. The molecule has 0 atom stereocenters. The molecule has 1 heterocycles. The van der Waals surface area contributed by atoms with Crippen molar-refractivity contribution in [3.8, 4) is 5.75 Å². The van der Waals surface area contributed by atoms with E-state index in [9.17, 15) is 5.11 Å². The largest absolute Gasteiger partial charge is 0.508 e. The van der Waals surface area contributed by atoms with E-state index in [2.05, 4.69) is 21.5 Å². The van der Waals surface area contributed by atoms with Crippen LogP contribution in [-0.4, -0.2) is 44.3 Å². The maximum Gasteiger partial charge on any atom is 0.194 e. The Labute approximate surface area is 154 Å². The van der Waals surface area contributed by atoms with E-state index in [0.29, 0.717) is 18.8 Å². The van der Waals surface area contributed by atoms with E-state index in [1.807, 2.05) is 32.0 Å². The molecule has 7 nitrogen and oxygen atoms in total. The van der Waals surface area contributed by atoms with Gasteiger partial charge in [-0.2, -0.15) is 5.10 Å². The normalized spacial score (nSPS) is 14.2. The third-order valence-electron chi connectivity index (χ3n) is 4.89. The summed E-state index contributed by atoms with van der Waals surface area (Å²) in [5.41, 5.74) is 3.60. The highest BCUT2D eigenvalue weighted by molar-refractivity contribution is 5.79. The molecule has 0 radical (unpaired) electrons. The number of aromatic hydroxyl groups is 1. The quantitative estimate of drug-likeness (QED) is 0.633. The van der Waals surface area contributed by atoms with Crippen molar-refractivity contribution in [2.45, 2.75) is 45.7 Å². The molecule has 0 amide bonds. The van der Waals surface area contributed by atoms with Crippen LogP contribution in [0.5, 0.6) is 5.75 Å². The highest BCUT2D eigenvalue weighted by atomic mass is 16.3. The van der Waals surface area contributed by atoms with Crippen LogP contribution in [-0.2, 0) is 33.0 Å². The van der Waals surface area contributed by atoms with Crippen molar-refractivity contribution in [1.29, 1.82) is 0 Å². The third-order valence-corrected chi connectivity index (χ3v) is 4.89. The Bertz CT molecular complexity index is 782. The zero-order chi connectivity index (χ0) is 18.5. The van der Waals surface area contributed by atoms with Crippen LogP contribution in [0.25, 0.3) is 0 Å². The van der Waals surface area contributed by atoms with E-state index < -0.39 is 0 Å². The Hall–Kier alpha value is -2.57. The number of hydrogen-bond acceptors (Lipinski definition) is 4. The average molecular weight is 356 g/mol. The van der Waals surface area contributed by atoms with Gasteiger partial charge in [-0.1, -0.05) is 6.07 Å². The van der Waals surface area contributed by atoms with Gasteiger partial charge in [-0.15, -0.1) is 0 Å². The van der Waals surface area contributed by atoms with Crippen molar-refractivity contribution in [3.05, 3.63) is 41.0 Å². The topological polar surface area (TPSA) is 78.6 Å². The van der Waals surface area contributed by atoms with Crippen LogP contribution < -0.4 is 5.32 Å². The van der Waals surface area contributed by atoms with E-state index in [1.165, 1.54) is 24.0 Å². The number of aliphatic imine (C=N–C) groups is 1. The van der Waals surface area contributed by atoms with Gasteiger partial charge in [0.15, 0.2) is 5.96 Å². The van der Waals surface area contributed by atoms with Crippen molar-refractivity contribution < 1.29 is 5.11 Å². The second-order valence-corrected chi connectivity index (χ2v) is 6.73. The molecule has 140 valence electrons. The van der Waals surface area contributed by atoms with Gasteiger partial charge in [0.05, 0.1) is 13.1 Å². The standard InChI is InChI=1S/C19H28N6O/c1-4-20-19(24(2)12-18-22-13-23-25(18)3)21-11-16-15-8-6-5-7-14(15)9-10-17(16)26/h9-10,13,26H,4-8,11-12H2,1-3H3,(H,20,21). The first kappa shape index (κ1) is 18.2. The minimum absolute atomic E-state index is 0.348. The Morgan fingerprint density at radius 1 is 1.35 bits per heavy atom. The number of aromatic nitrogens is 3. The van der Waals surface area contributed by atoms with Crippen molar-refractivity contribution in [2.75, 3.05) is 13.6 Å². The number of benzene rings is 1. The first-order valence-electron chi connectivity index (χ1n) is 9.25. The van der Waals surface area contributed by atoms with Gasteiger partial charge in [-0.3, -0.25) is 4.68 Å². The van der Waals surface area contributed by atoms with Crippen molar-refractivity contribution in [1.82, 2.24) is 25.0 Å². The molecule has 3 rings (SSSR count). The molecule has 0 fully saturated rings. The molecule has 0 aliphatic heterocycles. The summed E-state index contributed by atoms with van der Waals surface area (Å²) >= 11 is 0. The van der Waals surface area contributed by atoms with Crippen LogP contribution in [0.2, 0.25) is 0 Å². The minimum Gasteiger partial charge on any atom is -0.508 e. The Morgan fingerprint density at radius 3 is 2.88 bits per heavy atom. The number of phenols is 1. The van der Waals surface area contributed by atoms with E-state index in [0.717, 1.165) is 36.7 Å². The molecule has 0 bridgehead atoms. The lowest BCUT2D eigenvalue weighted by Gasteiger charge is -2.23. The van der Waals surface area contributed by atoms with E-state index in [1.54, 1.807) is 11.0 Å². The summed E-state index contributed by atoms with van der Waals surface area (Å²) in [7, 11) is 3.87. The number of nitrogens with one attached hydrogen (secondary N) is 1. The Morgan fingerprint density at radius 2 is 2.15 bits per heavy atom. The van der Waals surface area contributed by atoms with Crippen molar-refractivity contribution >= 4 is 5.96 Å². The van der Waals surface area contributed by atoms with Gasteiger partial charge in [-0.25, -0.2) is 9.98 Å². The minimum atomic E-state index is 0.348. The van der Waals surface area contributed by atoms with Gasteiger partial charge in [0.2, 0.25) is 0 Å². The first-order chi connectivity index (χ1) is 12.6. The second-order valence-electron chi connectivity index (χ2n) is 6.73. The predicted molar refractivity (Wildman–Crippen MR) is 102 cm³/mol. The summed E-state index contributed by atoms with van der Waals surface area (Å²) in [5.74, 6) is 2.02. The summed E-state index contributed by atoms with van der Waals surface area (Å²) < 4.78 is 1.76. The molecule has 0 unspecified atom stereocenters. The molecule has 1 aliphatic carbocycles. The monoisotopic (exact) mass is 356 g/mol. The molecule has 1 aliphatic rings. The molecular weight excluding hydrogens is 328 g/mol. The number of nitrogens with zero attached hydrogens (tertiary/aromatic N) is 5. The highest BCUT2D eigenvalue weighted by Crippen LogP contribution is 2.31. The SMILES string of the molecule is CCNC(=NCc1c(O)ccc2c1CCCC2)N(C)Cc1ncnn1C. The molecule has 1 aromatic heterocycles. The number of aryl methyl sites for hydroxylation is 2. The number of fused-ring (bicyclic) bond motifs is 1. The zero-order valence-corrected chi connectivity index (χ0v) is 15.9. The molecule has 2 aromatic rings. The first-order valence-corrected chi connectivity index (χ1v) is 9.25. The average Bonchev–Trinajstić information content (AvgIpc) is 3.04. The smallest absolute Gasteiger partial charge is 0.194 e. The molecule has 0 spiro atoms. The fourth-order valence-electron chi connectivity index (χ4n) is 3.44. The lowest BCUT2D eigenvalue weighted by atomic mass is 9.88. The zero-order valence-electron chi connectivity index (χ0n) is 15.9. The van der Waals surface area contributed by atoms with Crippen molar-refractivity contribution in [2.24, 2.45) is 12.0 Å². The molecule has 7 heteroatoms. The lowest BCUT2D eigenvalue weighted by Crippen LogP contribution is -2.39. The number of phenolic OH excluding ortho intramolecular Hbond substituents is 1. The van der Waals surface area contributed by atoms with Gasteiger partial charge in [-0.05, 0) is 49.8 Å². The van der Waals surface area contributed by atoms with Crippen LogP contribution in [0.4, 0.5) is 0 Å². The number of hydrogen-bond donors (Lipinski definition) is 2. The summed E-state index contributed by atoms with van der Waals surface area (Å²) in [6, 6.07) is 3.87. The lowest BCUT2D eigenvalue weighted by molar-refractivity contribution is 0.446. The predicted octanol–water partition coefficient (Wildman–Crippen LogP) is 2.00. The molecule has 2 N–H and O–H groups in total. The third kappa shape index (κ3) is 3.98. The second kappa shape index (κ2) is 8.21. The number of rotatable bonds is 5. The summed E-state index contributed by atoms with van der Waals surface area (Å²) in [6.07, 6.45) is 6.09. The molecule has 0 saturated carbocycles. The fourth-order valence-corrected chi connectivity index (χ4v) is 3.44. The van der Waals surface area contributed by atoms with Crippen LogP contribution in [0.1, 0.15) is 42.3 Å². The van der Waals surface area contributed by atoms with E-state index in [-0.39, 0.29) is 0 Å². The van der Waals surface area contributed by atoms with Crippen LogP contribution in [0.3, 0.4) is 0 Å². The van der Waals surface area contributed by atoms with Crippen LogP contribution in [0, 0.1) is 0 Å². The summed E-state index contributed by atoms with van der Waals surface area (Å²) in [6.45, 7) is 3.91. The molecule has 0 saturated heterocycles. The molecule has 26 heavy (non-hydrogen) atoms.